The molecule has 2 N–H and O–H groups in total. The molecule has 1 unspecified atom stereocenters. The zero-order chi connectivity index (χ0) is 15.2. The van der Waals surface area contributed by atoms with Crippen LogP contribution in [0.15, 0.2) is 40.2 Å². The van der Waals surface area contributed by atoms with E-state index in [0.29, 0.717) is 17.1 Å². The van der Waals surface area contributed by atoms with Gasteiger partial charge in [0.15, 0.2) is 6.54 Å². The van der Waals surface area contributed by atoms with Crippen LogP contribution in [0.1, 0.15) is 11.1 Å². The van der Waals surface area contributed by atoms with Crippen LogP contribution in [0.2, 0.25) is 0 Å². The third-order valence-corrected chi connectivity index (χ3v) is 4.28. The van der Waals surface area contributed by atoms with E-state index in [1.807, 2.05) is 31.3 Å². The summed E-state index contributed by atoms with van der Waals surface area (Å²) in [5.41, 5.74) is 1.69. The highest BCUT2D eigenvalue weighted by atomic mass is 79.9. The summed E-state index contributed by atoms with van der Waals surface area (Å²) >= 11 is 4.77. The van der Waals surface area contributed by atoms with Crippen LogP contribution in [-0.2, 0) is 11.3 Å². The molecule has 1 aromatic carbocycles. The summed E-state index contributed by atoms with van der Waals surface area (Å²) in [5.74, 6) is -0.0800. The lowest BCUT2D eigenvalue weighted by Crippen LogP contribution is -3.08. The maximum absolute atomic E-state index is 12.0. The van der Waals surface area contributed by atoms with Crippen LogP contribution in [0.25, 0.3) is 0 Å². The van der Waals surface area contributed by atoms with E-state index < -0.39 is 0 Å². The molecule has 21 heavy (non-hydrogen) atoms. The van der Waals surface area contributed by atoms with Crippen LogP contribution in [0, 0.1) is 11.3 Å². The van der Waals surface area contributed by atoms with Gasteiger partial charge in [0.2, 0.25) is 0 Å². The molecule has 2 aromatic rings. The Kier molecular flexibility index (Phi) is 5.51. The number of amides is 1. The lowest BCUT2D eigenvalue weighted by molar-refractivity contribution is -0.885. The van der Waals surface area contributed by atoms with Crippen LogP contribution in [-0.4, -0.2) is 19.5 Å². The van der Waals surface area contributed by atoms with Gasteiger partial charge in [0, 0.05) is 10.0 Å². The fourth-order valence-corrected chi connectivity index (χ4v) is 2.97. The number of carbonyl (C=O) groups is 1. The Bertz CT molecular complexity index is 660. The minimum Gasteiger partial charge on any atom is -0.326 e. The topological polar surface area (TPSA) is 57.3 Å². The number of rotatable bonds is 5. The molecule has 4 nitrogen and oxygen atoms in total. The Hall–Kier alpha value is -1.68. The molecule has 0 saturated carbocycles. The molecule has 1 aromatic heterocycles. The number of halogens is 1. The number of carbonyl (C=O) groups excluding carboxylic acids is 1. The van der Waals surface area contributed by atoms with Gasteiger partial charge < -0.3 is 10.2 Å². The Morgan fingerprint density at radius 1 is 1.38 bits per heavy atom. The molecule has 108 valence electrons. The lowest BCUT2D eigenvalue weighted by atomic mass is 10.2. The second kappa shape index (κ2) is 7.36. The summed E-state index contributed by atoms with van der Waals surface area (Å²) in [6.45, 7) is 1.13. The highest BCUT2D eigenvalue weighted by Gasteiger charge is 2.13. The van der Waals surface area contributed by atoms with Crippen molar-refractivity contribution in [3.8, 4) is 6.07 Å². The van der Waals surface area contributed by atoms with E-state index in [9.17, 15) is 4.79 Å². The van der Waals surface area contributed by atoms with Crippen molar-refractivity contribution in [2.24, 2.45) is 0 Å². The van der Waals surface area contributed by atoms with Crippen molar-refractivity contribution in [2.75, 3.05) is 18.9 Å². The average molecular weight is 365 g/mol. The second-order valence-electron chi connectivity index (χ2n) is 4.76. The number of likely N-dealkylation sites (N-methyl/N-ethyl adjacent to an activating group) is 1. The molecule has 0 aliphatic rings. The maximum atomic E-state index is 12.0. The molecule has 1 atom stereocenters. The third-order valence-electron chi connectivity index (χ3n) is 2.92. The molecule has 2 rings (SSSR count). The molecule has 0 bridgehead atoms. The zero-order valence-corrected chi connectivity index (χ0v) is 13.9. The molecule has 0 radical (unpaired) electrons. The SMILES string of the molecule is C[NH+](CC(=O)Nc1sccc1C#N)Cc1ccc(Br)cc1. The van der Waals surface area contributed by atoms with E-state index in [2.05, 4.69) is 27.3 Å². The molecule has 1 amide bonds. The van der Waals surface area contributed by atoms with Gasteiger partial charge in [-0.1, -0.05) is 28.1 Å². The Morgan fingerprint density at radius 2 is 2.10 bits per heavy atom. The summed E-state index contributed by atoms with van der Waals surface area (Å²) < 4.78 is 1.04. The van der Waals surface area contributed by atoms with Gasteiger partial charge >= 0.3 is 0 Å². The summed E-state index contributed by atoms with van der Waals surface area (Å²) in [7, 11) is 1.97. The van der Waals surface area contributed by atoms with Crippen molar-refractivity contribution in [1.82, 2.24) is 0 Å². The van der Waals surface area contributed by atoms with Crippen LogP contribution in [0.4, 0.5) is 5.00 Å². The van der Waals surface area contributed by atoms with Gasteiger partial charge in [0.25, 0.3) is 5.91 Å². The molecule has 0 saturated heterocycles. The van der Waals surface area contributed by atoms with Crippen molar-refractivity contribution in [3.05, 3.63) is 51.3 Å². The van der Waals surface area contributed by atoms with Crippen LogP contribution >= 0.6 is 27.3 Å². The first-order valence-electron chi connectivity index (χ1n) is 6.41. The minimum absolute atomic E-state index is 0.0800. The van der Waals surface area contributed by atoms with Crippen molar-refractivity contribution < 1.29 is 9.69 Å². The second-order valence-corrected chi connectivity index (χ2v) is 6.59. The average Bonchev–Trinajstić information content (AvgIpc) is 2.88. The molecule has 6 heteroatoms. The van der Waals surface area contributed by atoms with Gasteiger partial charge in [0.05, 0.1) is 12.6 Å². The maximum Gasteiger partial charge on any atom is 0.280 e. The summed E-state index contributed by atoms with van der Waals surface area (Å²) in [4.78, 5) is 13.1. The number of benzene rings is 1. The lowest BCUT2D eigenvalue weighted by Gasteiger charge is -2.13. The Morgan fingerprint density at radius 3 is 2.76 bits per heavy atom. The van der Waals surface area contributed by atoms with Crippen molar-refractivity contribution in [2.45, 2.75) is 6.54 Å². The number of quaternary nitrogens is 1. The highest BCUT2D eigenvalue weighted by molar-refractivity contribution is 9.10. The summed E-state index contributed by atoms with van der Waals surface area (Å²) in [6.07, 6.45) is 0. The number of anilines is 1. The predicted octanol–water partition coefficient (Wildman–Crippen LogP) is 2.04. The number of hydrogen-bond acceptors (Lipinski definition) is 3. The van der Waals surface area contributed by atoms with E-state index in [-0.39, 0.29) is 5.91 Å². The molecule has 0 aliphatic carbocycles. The van der Waals surface area contributed by atoms with Crippen molar-refractivity contribution in [3.63, 3.8) is 0 Å². The molecule has 0 fully saturated rings. The zero-order valence-electron chi connectivity index (χ0n) is 11.5. The largest absolute Gasteiger partial charge is 0.326 e. The number of nitrogens with zero attached hydrogens (tertiary/aromatic N) is 1. The molecule has 0 spiro atoms. The van der Waals surface area contributed by atoms with Crippen molar-refractivity contribution in [1.29, 1.82) is 5.26 Å². The normalized spacial score (nSPS) is 11.7. The van der Waals surface area contributed by atoms with E-state index in [1.54, 1.807) is 11.4 Å². The van der Waals surface area contributed by atoms with Crippen LogP contribution < -0.4 is 10.2 Å². The Balaban J connectivity index is 1.87. The molecular formula is C15H15BrN3OS+. The van der Waals surface area contributed by atoms with Gasteiger partial charge in [-0.3, -0.25) is 4.79 Å². The first kappa shape index (κ1) is 15.7. The monoisotopic (exact) mass is 364 g/mol. The van der Waals surface area contributed by atoms with E-state index in [4.69, 9.17) is 5.26 Å². The minimum atomic E-state index is -0.0800. The molecule has 1 heterocycles. The first-order valence-corrected chi connectivity index (χ1v) is 8.09. The number of hydrogen-bond donors (Lipinski definition) is 2. The van der Waals surface area contributed by atoms with E-state index in [1.165, 1.54) is 16.9 Å². The fourth-order valence-electron chi connectivity index (χ4n) is 1.95. The van der Waals surface area contributed by atoms with E-state index in [0.717, 1.165) is 15.9 Å². The van der Waals surface area contributed by atoms with Crippen LogP contribution in [0.3, 0.4) is 0 Å². The quantitative estimate of drug-likeness (QED) is 0.852. The molecular weight excluding hydrogens is 350 g/mol. The highest BCUT2D eigenvalue weighted by Crippen LogP contribution is 2.21. The number of thiophene rings is 1. The fraction of sp³-hybridized carbons (Fsp3) is 0.200. The summed E-state index contributed by atoms with van der Waals surface area (Å²) in [6, 6.07) is 11.8. The predicted molar refractivity (Wildman–Crippen MR) is 87.3 cm³/mol. The van der Waals surface area contributed by atoms with Gasteiger partial charge in [-0.2, -0.15) is 5.26 Å². The van der Waals surface area contributed by atoms with Gasteiger partial charge in [-0.05, 0) is 23.6 Å². The number of nitriles is 1. The van der Waals surface area contributed by atoms with Crippen LogP contribution in [0.5, 0.6) is 0 Å². The van der Waals surface area contributed by atoms with Crippen molar-refractivity contribution >= 4 is 38.2 Å². The van der Waals surface area contributed by atoms with Gasteiger partial charge in [0.1, 0.15) is 17.6 Å². The Labute approximate surface area is 136 Å². The van der Waals surface area contributed by atoms with E-state index >= 15 is 0 Å². The summed E-state index contributed by atoms with van der Waals surface area (Å²) in [5, 5.41) is 14.1. The number of nitrogens with one attached hydrogen (secondary N) is 2. The molecule has 0 aliphatic heterocycles. The smallest absolute Gasteiger partial charge is 0.280 e. The van der Waals surface area contributed by atoms with Gasteiger partial charge in [-0.25, -0.2) is 0 Å². The van der Waals surface area contributed by atoms with Gasteiger partial charge in [-0.15, -0.1) is 11.3 Å². The standard InChI is InChI=1S/C15H14BrN3OS/c1-19(9-11-2-4-13(16)5-3-11)10-14(20)18-15-12(8-17)6-7-21-15/h2-7H,9-10H2,1H3,(H,18,20)/p+1. The third kappa shape index (κ3) is 4.67. The first-order chi connectivity index (χ1) is 10.1.